The smallest absolute Gasteiger partial charge is 0.310 e. The second kappa shape index (κ2) is 2.27. The standard InChI is InChI=1S/C10H16O3/c1-9(2)6-4-5-7(11)10(9,3)13-8(6)12/h6-7,11H,4-5H2,1-3H3/t6-,7-,10-/m1/s1. The summed E-state index contributed by atoms with van der Waals surface area (Å²) in [4.78, 5) is 11.5. The Balaban J connectivity index is 2.46. The minimum atomic E-state index is -0.674. The summed E-state index contributed by atoms with van der Waals surface area (Å²) in [6, 6.07) is 0. The fourth-order valence-corrected chi connectivity index (χ4v) is 2.63. The average Bonchev–Trinajstić information content (AvgIpc) is 2.13. The highest BCUT2D eigenvalue weighted by Gasteiger charge is 2.64. The van der Waals surface area contributed by atoms with Crippen LogP contribution in [0.4, 0.5) is 0 Å². The van der Waals surface area contributed by atoms with Crippen LogP contribution in [0.15, 0.2) is 0 Å². The number of esters is 1. The average molecular weight is 184 g/mol. The number of aliphatic hydroxyl groups excluding tert-OH is 1. The molecule has 3 atom stereocenters. The van der Waals surface area contributed by atoms with Crippen molar-refractivity contribution >= 4 is 5.97 Å². The molecule has 1 saturated carbocycles. The molecule has 0 aromatic carbocycles. The molecule has 13 heavy (non-hydrogen) atoms. The number of carbonyl (C=O) groups is 1. The van der Waals surface area contributed by atoms with E-state index >= 15 is 0 Å². The lowest BCUT2D eigenvalue weighted by atomic mass is 9.61. The maximum Gasteiger partial charge on any atom is 0.310 e. The first-order valence-corrected chi connectivity index (χ1v) is 4.80. The molecular weight excluding hydrogens is 168 g/mol. The summed E-state index contributed by atoms with van der Waals surface area (Å²) in [7, 11) is 0. The van der Waals surface area contributed by atoms with Gasteiger partial charge in [0.2, 0.25) is 0 Å². The molecular formula is C10H16O3. The Labute approximate surface area is 78.1 Å². The quantitative estimate of drug-likeness (QED) is 0.573. The zero-order valence-corrected chi connectivity index (χ0v) is 8.33. The second-order valence-electron chi connectivity index (χ2n) is 4.90. The van der Waals surface area contributed by atoms with Crippen molar-refractivity contribution < 1.29 is 14.6 Å². The van der Waals surface area contributed by atoms with Crippen LogP contribution in [-0.2, 0) is 9.53 Å². The monoisotopic (exact) mass is 184 g/mol. The molecule has 3 heteroatoms. The molecule has 1 saturated heterocycles. The van der Waals surface area contributed by atoms with Gasteiger partial charge in [0, 0.05) is 5.41 Å². The molecule has 1 heterocycles. The largest absolute Gasteiger partial charge is 0.456 e. The number of aliphatic hydroxyl groups is 1. The van der Waals surface area contributed by atoms with Crippen molar-refractivity contribution in [3.8, 4) is 0 Å². The number of hydrogen-bond acceptors (Lipinski definition) is 3. The van der Waals surface area contributed by atoms with Gasteiger partial charge in [0.25, 0.3) is 0 Å². The Hall–Kier alpha value is -0.570. The summed E-state index contributed by atoms with van der Waals surface area (Å²) in [5.41, 5.74) is -0.908. The van der Waals surface area contributed by atoms with Gasteiger partial charge in [-0.05, 0) is 19.8 Å². The molecule has 0 amide bonds. The van der Waals surface area contributed by atoms with Crippen LogP contribution in [0.3, 0.4) is 0 Å². The molecule has 1 aliphatic carbocycles. The Morgan fingerprint density at radius 2 is 2.00 bits per heavy atom. The van der Waals surface area contributed by atoms with Gasteiger partial charge in [0.05, 0.1) is 12.0 Å². The maximum absolute atomic E-state index is 11.5. The van der Waals surface area contributed by atoms with Gasteiger partial charge in [-0.25, -0.2) is 0 Å². The zero-order chi connectivity index (χ0) is 9.85. The Kier molecular flexibility index (Phi) is 1.57. The van der Waals surface area contributed by atoms with E-state index in [-0.39, 0.29) is 17.3 Å². The van der Waals surface area contributed by atoms with E-state index in [1.165, 1.54) is 0 Å². The van der Waals surface area contributed by atoms with Crippen molar-refractivity contribution in [1.29, 1.82) is 0 Å². The van der Waals surface area contributed by atoms with E-state index < -0.39 is 11.7 Å². The maximum atomic E-state index is 11.5. The van der Waals surface area contributed by atoms with Crippen LogP contribution in [0.5, 0.6) is 0 Å². The molecule has 2 rings (SSSR count). The molecule has 0 aromatic rings. The minimum absolute atomic E-state index is 0.0269. The van der Waals surface area contributed by atoms with E-state index in [0.29, 0.717) is 6.42 Å². The van der Waals surface area contributed by atoms with E-state index in [1.807, 2.05) is 20.8 Å². The van der Waals surface area contributed by atoms with Crippen LogP contribution in [-0.4, -0.2) is 22.8 Å². The summed E-state index contributed by atoms with van der Waals surface area (Å²) in [5.74, 6) is -0.162. The van der Waals surface area contributed by atoms with Crippen molar-refractivity contribution in [3.05, 3.63) is 0 Å². The first-order chi connectivity index (χ1) is 5.89. The normalized spacial score (nSPS) is 47.5. The van der Waals surface area contributed by atoms with Crippen LogP contribution in [0, 0.1) is 11.3 Å². The van der Waals surface area contributed by atoms with Gasteiger partial charge in [0.15, 0.2) is 0 Å². The van der Waals surface area contributed by atoms with Gasteiger partial charge in [-0.1, -0.05) is 13.8 Å². The molecule has 2 aliphatic rings. The second-order valence-corrected chi connectivity index (χ2v) is 4.90. The van der Waals surface area contributed by atoms with Gasteiger partial charge in [0.1, 0.15) is 5.60 Å². The molecule has 0 radical (unpaired) electrons. The van der Waals surface area contributed by atoms with E-state index in [9.17, 15) is 9.90 Å². The van der Waals surface area contributed by atoms with Crippen molar-refractivity contribution in [2.24, 2.45) is 11.3 Å². The highest BCUT2D eigenvalue weighted by molar-refractivity contribution is 5.77. The lowest BCUT2D eigenvalue weighted by molar-refractivity contribution is -0.163. The summed E-state index contributed by atoms with van der Waals surface area (Å²) in [6.07, 6.45) is 0.920. The number of hydrogen-bond donors (Lipinski definition) is 1. The summed E-state index contributed by atoms with van der Waals surface area (Å²) < 4.78 is 5.31. The Morgan fingerprint density at radius 3 is 2.54 bits per heavy atom. The molecule has 2 fully saturated rings. The molecule has 3 nitrogen and oxygen atoms in total. The molecule has 1 N–H and O–H groups in total. The Bertz CT molecular complexity index is 259. The minimum Gasteiger partial charge on any atom is -0.456 e. The van der Waals surface area contributed by atoms with Crippen LogP contribution >= 0.6 is 0 Å². The summed E-state index contributed by atoms with van der Waals surface area (Å²) in [5, 5.41) is 9.83. The SMILES string of the molecule is CC1(C)[C@@H]2CC[C@@H](O)[C@@]1(C)OC2=O. The first kappa shape index (κ1) is 9.00. The highest BCUT2D eigenvalue weighted by Crippen LogP contribution is 2.55. The topological polar surface area (TPSA) is 46.5 Å². The number of rotatable bonds is 0. The molecule has 0 aromatic heterocycles. The molecule has 0 unspecified atom stereocenters. The molecule has 0 spiro atoms. The predicted octanol–water partition coefficient (Wildman–Crippen LogP) is 1.10. The third kappa shape index (κ3) is 0.857. The van der Waals surface area contributed by atoms with Gasteiger partial charge < -0.3 is 9.84 Å². The van der Waals surface area contributed by atoms with E-state index in [1.54, 1.807) is 0 Å². The highest BCUT2D eigenvalue weighted by atomic mass is 16.6. The lowest BCUT2D eigenvalue weighted by Gasteiger charge is -2.44. The van der Waals surface area contributed by atoms with Crippen LogP contribution in [0.2, 0.25) is 0 Å². The Morgan fingerprint density at radius 1 is 1.38 bits per heavy atom. The van der Waals surface area contributed by atoms with Gasteiger partial charge in [-0.2, -0.15) is 0 Å². The first-order valence-electron chi connectivity index (χ1n) is 4.80. The molecule has 74 valence electrons. The third-order valence-corrected chi connectivity index (χ3v) is 4.11. The van der Waals surface area contributed by atoms with Crippen molar-refractivity contribution in [3.63, 3.8) is 0 Å². The number of ether oxygens (including phenoxy) is 1. The van der Waals surface area contributed by atoms with Crippen LogP contribution in [0.25, 0.3) is 0 Å². The van der Waals surface area contributed by atoms with Crippen molar-refractivity contribution in [2.45, 2.75) is 45.3 Å². The van der Waals surface area contributed by atoms with Gasteiger partial charge in [-0.15, -0.1) is 0 Å². The summed E-state index contributed by atoms with van der Waals surface area (Å²) in [6.45, 7) is 5.85. The van der Waals surface area contributed by atoms with Crippen LogP contribution < -0.4 is 0 Å². The molecule has 1 aliphatic heterocycles. The van der Waals surface area contributed by atoms with Gasteiger partial charge in [-0.3, -0.25) is 4.79 Å². The van der Waals surface area contributed by atoms with Gasteiger partial charge >= 0.3 is 5.97 Å². The zero-order valence-electron chi connectivity index (χ0n) is 8.33. The third-order valence-electron chi connectivity index (χ3n) is 4.11. The van der Waals surface area contributed by atoms with E-state index in [4.69, 9.17) is 4.74 Å². The predicted molar refractivity (Wildman–Crippen MR) is 47.0 cm³/mol. The lowest BCUT2D eigenvalue weighted by Crippen LogP contribution is -2.53. The number of carbonyl (C=O) groups excluding carboxylic acids is 1. The van der Waals surface area contributed by atoms with Crippen molar-refractivity contribution in [2.75, 3.05) is 0 Å². The molecule has 2 bridgehead atoms. The van der Waals surface area contributed by atoms with Crippen molar-refractivity contribution in [1.82, 2.24) is 0 Å². The van der Waals surface area contributed by atoms with E-state index in [2.05, 4.69) is 0 Å². The number of fused-ring (bicyclic) bond motifs is 2. The summed E-state index contributed by atoms with van der Waals surface area (Å²) >= 11 is 0. The fraction of sp³-hybridized carbons (Fsp3) is 0.900. The fourth-order valence-electron chi connectivity index (χ4n) is 2.63. The van der Waals surface area contributed by atoms with E-state index in [0.717, 1.165) is 6.42 Å². The van der Waals surface area contributed by atoms with Crippen LogP contribution in [0.1, 0.15) is 33.6 Å².